The highest BCUT2D eigenvalue weighted by Gasteiger charge is 2.40. The maximum Gasteiger partial charge on any atom is 0.252 e. The van der Waals surface area contributed by atoms with Gasteiger partial charge in [-0.15, -0.1) is 0 Å². The number of anilines is 2. The van der Waals surface area contributed by atoms with Crippen LogP contribution in [0.4, 0.5) is 11.4 Å². The minimum atomic E-state index is 0.0397. The maximum atomic E-state index is 5.17. The summed E-state index contributed by atoms with van der Waals surface area (Å²) in [4.78, 5) is 15.3. The van der Waals surface area contributed by atoms with E-state index in [1.807, 2.05) is 36.4 Å². The van der Waals surface area contributed by atoms with Gasteiger partial charge in [-0.2, -0.15) is 0 Å². The van der Waals surface area contributed by atoms with Crippen molar-refractivity contribution in [3.05, 3.63) is 163 Å². The lowest BCUT2D eigenvalue weighted by Crippen LogP contribution is -2.59. The molecule has 0 amide bonds. The van der Waals surface area contributed by atoms with Crippen molar-refractivity contribution in [1.82, 2.24) is 19.5 Å². The van der Waals surface area contributed by atoms with E-state index < -0.39 is 0 Å². The Morgan fingerprint density at radius 3 is 1.87 bits per heavy atom. The number of hydrogen-bond donors (Lipinski definition) is 1. The first-order valence-corrected chi connectivity index (χ1v) is 17.7. The average Bonchev–Trinajstić information content (AvgIpc) is 3.55. The first-order valence-electron chi connectivity index (χ1n) is 17.7. The van der Waals surface area contributed by atoms with E-state index in [0.29, 0.717) is 17.5 Å². The lowest BCUT2D eigenvalue weighted by molar-refractivity contribution is 1.07. The van der Waals surface area contributed by atoms with E-state index in [1.165, 1.54) is 54.9 Å². The highest BCUT2D eigenvalue weighted by atomic mass is 15.0. The summed E-state index contributed by atoms with van der Waals surface area (Å²) in [5.74, 6) is 1.93. The van der Waals surface area contributed by atoms with Crippen LogP contribution in [-0.2, 0) is 0 Å². The van der Waals surface area contributed by atoms with Crippen LogP contribution in [0.1, 0.15) is 5.56 Å². The second-order valence-electron chi connectivity index (χ2n) is 13.7. The zero-order chi connectivity index (χ0) is 34.3. The number of para-hydroxylation sites is 3. The van der Waals surface area contributed by atoms with Crippen LogP contribution in [0.15, 0.2) is 158 Å². The first-order chi connectivity index (χ1) is 25.7. The van der Waals surface area contributed by atoms with Crippen LogP contribution < -0.4 is 21.7 Å². The van der Waals surface area contributed by atoms with E-state index in [-0.39, 0.29) is 6.71 Å². The lowest BCUT2D eigenvalue weighted by atomic mass is 9.34. The number of nitrogens with zero attached hydrogens (tertiary/aromatic N) is 4. The summed E-state index contributed by atoms with van der Waals surface area (Å²) in [7, 11) is 0. The number of fused-ring (bicyclic) bond motifs is 7. The largest absolute Gasteiger partial charge is 0.356 e. The molecule has 0 spiro atoms. The van der Waals surface area contributed by atoms with Gasteiger partial charge in [0.2, 0.25) is 0 Å². The highest BCUT2D eigenvalue weighted by molar-refractivity contribution is 7.00. The molecule has 0 saturated heterocycles. The summed E-state index contributed by atoms with van der Waals surface area (Å²) in [6.07, 6.45) is 0. The molecule has 5 nitrogen and oxygen atoms in total. The van der Waals surface area contributed by atoms with Crippen LogP contribution in [0.2, 0.25) is 0 Å². The van der Waals surface area contributed by atoms with Crippen LogP contribution in [0.5, 0.6) is 0 Å². The van der Waals surface area contributed by atoms with Gasteiger partial charge in [-0.1, -0.05) is 140 Å². The van der Waals surface area contributed by atoms with Crippen molar-refractivity contribution in [2.24, 2.45) is 0 Å². The third kappa shape index (κ3) is 4.21. The summed E-state index contributed by atoms with van der Waals surface area (Å²) in [6.45, 7) is 2.23. The fraction of sp³-hybridized carbons (Fsp3) is 0.0217. The average molecular weight is 664 g/mol. The van der Waals surface area contributed by atoms with Crippen LogP contribution in [-0.4, -0.2) is 26.2 Å². The van der Waals surface area contributed by atoms with Gasteiger partial charge in [0.15, 0.2) is 17.5 Å². The van der Waals surface area contributed by atoms with E-state index in [1.54, 1.807) is 0 Å². The van der Waals surface area contributed by atoms with Gasteiger partial charge >= 0.3 is 0 Å². The Bertz CT molecular complexity index is 2840. The zero-order valence-corrected chi connectivity index (χ0v) is 28.4. The Morgan fingerprint density at radius 1 is 0.519 bits per heavy atom. The van der Waals surface area contributed by atoms with Gasteiger partial charge in [0.1, 0.15) is 0 Å². The maximum absolute atomic E-state index is 5.17. The molecule has 0 unspecified atom stereocenters. The van der Waals surface area contributed by atoms with Gasteiger partial charge < -0.3 is 9.88 Å². The molecule has 52 heavy (non-hydrogen) atoms. The summed E-state index contributed by atoms with van der Waals surface area (Å²) in [5, 5.41) is 6.51. The Balaban J connectivity index is 1.23. The smallest absolute Gasteiger partial charge is 0.252 e. The fourth-order valence-electron chi connectivity index (χ4n) is 8.49. The molecule has 0 aliphatic carbocycles. The molecular formula is C46H30BN5. The second-order valence-corrected chi connectivity index (χ2v) is 13.7. The monoisotopic (exact) mass is 663 g/mol. The Morgan fingerprint density at radius 2 is 1.12 bits per heavy atom. The quantitative estimate of drug-likeness (QED) is 0.191. The van der Waals surface area contributed by atoms with Crippen LogP contribution >= 0.6 is 0 Å². The van der Waals surface area contributed by atoms with Crippen molar-refractivity contribution in [2.45, 2.75) is 6.92 Å². The molecule has 4 heterocycles. The standard InChI is InChI=1S/C46H30BN5/c1-28-14-8-9-19-32(28)34-21-12-23-36-42(34)48-38-26-31(46-50-44(29-15-4-2-5-16-29)49-45(51-46)30-17-6-3-7-18-30)27-40-41(38)47(36)37-24-13-22-35-33-20-10-11-25-39(33)52(40)43(35)37/h2-27,48H,1H3. The number of aromatic nitrogens is 4. The van der Waals surface area contributed by atoms with Crippen molar-refractivity contribution < 1.29 is 0 Å². The molecule has 6 heteroatoms. The SMILES string of the molecule is Cc1ccccc1-c1cccc2c1Nc1cc(-c3nc(-c4ccccc4)nc(-c4ccccc4)n3)cc3c1B2c1cccc2c4ccccc4n-3c12. The summed E-state index contributed by atoms with van der Waals surface area (Å²) in [5.41, 5.74) is 16.2. The molecule has 9 aromatic rings. The molecule has 0 radical (unpaired) electrons. The van der Waals surface area contributed by atoms with E-state index >= 15 is 0 Å². The molecule has 7 aromatic carbocycles. The van der Waals surface area contributed by atoms with Gasteiger partial charge in [0, 0.05) is 55.6 Å². The molecule has 242 valence electrons. The molecule has 2 aromatic heterocycles. The minimum absolute atomic E-state index is 0.0397. The molecule has 1 N–H and O–H groups in total. The number of nitrogens with one attached hydrogen (secondary N) is 1. The lowest BCUT2D eigenvalue weighted by Gasteiger charge is -2.35. The molecule has 2 aliphatic heterocycles. The van der Waals surface area contributed by atoms with Gasteiger partial charge in [-0.05, 0) is 52.6 Å². The molecule has 0 saturated carbocycles. The minimum Gasteiger partial charge on any atom is -0.356 e. The zero-order valence-electron chi connectivity index (χ0n) is 28.4. The summed E-state index contributed by atoms with van der Waals surface area (Å²) in [6, 6.07) is 55.9. The van der Waals surface area contributed by atoms with Crippen molar-refractivity contribution in [3.63, 3.8) is 0 Å². The highest BCUT2D eigenvalue weighted by Crippen LogP contribution is 2.40. The van der Waals surface area contributed by atoms with E-state index in [9.17, 15) is 0 Å². The number of rotatable bonds is 4. The normalized spacial score (nSPS) is 12.4. The van der Waals surface area contributed by atoms with E-state index in [4.69, 9.17) is 15.0 Å². The predicted octanol–water partition coefficient (Wildman–Crippen LogP) is 8.83. The van der Waals surface area contributed by atoms with Gasteiger partial charge in [0.25, 0.3) is 6.71 Å². The summed E-state index contributed by atoms with van der Waals surface area (Å²) >= 11 is 0. The van der Waals surface area contributed by atoms with Crippen molar-refractivity contribution >= 4 is 56.3 Å². The topological polar surface area (TPSA) is 55.6 Å². The molecular weight excluding hydrogens is 633 g/mol. The molecule has 11 rings (SSSR count). The number of benzene rings is 7. The van der Waals surface area contributed by atoms with E-state index in [0.717, 1.165) is 33.8 Å². The molecule has 0 bridgehead atoms. The second kappa shape index (κ2) is 11.1. The van der Waals surface area contributed by atoms with Crippen molar-refractivity contribution in [3.8, 4) is 51.0 Å². The number of hydrogen-bond acceptors (Lipinski definition) is 4. The molecule has 2 aliphatic rings. The number of aryl methyl sites for hydroxylation is 1. The van der Waals surface area contributed by atoms with Crippen LogP contribution in [0.25, 0.3) is 72.8 Å². The van der Waals surface area contributed by atoms with Gasteiger partial charge in [0.05, 0.1) is 5.52 Å². The van der Waals surface area contributed by atoms with Crippen molar-refractivity contribution in [2.75, 3.05) is 5.32 Å². The fourth-order valence-corrected chi connectivity index (χ4v) is 8.49. The van der Waals surface area contributed by atoms with Gasteiger partial charge in [-0.3, -0.25) is 0 Å². The summed E-state index contributed by atoms with van der Waals surface area (Å²) < 4.78 is 2.47. The Hall–Kier alpha value is -6.79. The van der Waals surface area contributed by atoms with Crippen LogP contribution in [0.3, 0.4) is 0 Å². The molecule has 0 atom stereocenters. The third-order valence-corrected chi connectivity index (χ3v) is 10.8. The third-order valence-electron chi connectivity index (χ3n) is 10.8. The van der Waals surface area contributed by atoms with E-state index in [2.05, 4.69) is 138 Å². The Labute approximate surface area is 301 Å². The molecule has 0 fully saturated rings. The Kier molecular flexibility index (Phi) is 6.19. The first kappa shape index (κ1) is 29.0. The van der Waals surface area contributed by atoms with Gasteiger partial charge in [-0.25, -0.2) is 15.0 Å². The van der Waals surface area contributed by atoms with Crippen molar-refractivity contribution in [1.29, 1.82) is 0 Å². The van der Waals surface area contributed by atoms with Crippen LogP contribution in [0, 0.1) is 6.92 Å². The predicted molar refractivity (Wildman–Crippen MR) is 215 cm³/mol.